The maximum absolute atomic E-state index is 12.5. The topological polar surface area (TPSA) is 110 Å². The fourth-order valence-electron chi connectivity index (χ4n) is 3.82. The van der Waals surface area contributed by atoms with Gasteiger partial charge in [0.25, 0.3) is 5.91 Å². The zero-order valence-electron chi connectivity index (χ0n) is 17.2. The van der Waals surface area contributed by atoms with E-state index >= 15 is 0 Å². The van der Waals surface area contributed by atoms with Gasteiger partial charge in [0, 0.05) is 30.9 Å². The summed E-state index contributed by atoms with van der Waals surface area (Å²) in [7, 11) is 0. The number of hydrogen-bond donors (Lipinski definition) is 1. The Bertz CT molecular complexity index is 1260. The first kappa shape index (κ1) is 20.2. The van der Waals surface area contributed by atoms with E-state index in [1.807, 2.05) is 31.2 Å². The molecule has 1 fully saturated rings. The van der Waals surface area contributed by atoms with E-state index in [0.29, 0.717) is 46.8 Å². The first-order chi connectivity index (χ1) is 15.6. The molecule has 1 aromatic carbocycles. The highest BCUT2D eigenvalue weighted by Crippen LogP contribution is 2.36. The molecule has 10 heteroatoms. The summed E-state index contributed by atoms with van der Waals surface area (Å²) < 4.78 is 10.2. The lowest BCUT2D eigenvalue weighted by molar-refractivity contribution is 0.0791. The standard InChI is InChI=1S/C22H19ClN6O3/c1-13-19(20(28-32-13)16-4-2-3-5-17(16)23)18-6-8-24-22(27-18)26-15-7-9-29(11-15)21(30)14-10-25-31-12-14/h2-6,8,10,12,15H,7,9,11H2,1H3,(H,24,26,27)/t15-/m1/s1. The second-order valence-electron chi connectivity index (χ2n) is 7.50. The molecule has 1 aliphatic heterocycles. The normalized spacial score (nSPS) is 15.8. The predicted molar refractivity (Wildman–Crippen MR) is 117 cm³/mol. The molecule has 9 nitrogen and oxygen atoms in total. The van der Waals surface area contributed by atoms with Gasteiger partial charge in [-0.3, -0.25) is 4.79 Å². The smallest absolute Gasteiger partial charge is 0.258 e. The van der Waals surface area contributed by atoms with Crippen molar-refractivity contribution in [3.63, 3.8) is 0 Å². The molecule has 0 bridgehead atoms. The molecule has 1 amide bonds. The second-order valence-corrected chi connectivity index (χ2v) is 7.91. The van der Waals surface area contributed by atoms with Crippen LogP contribution in [-0.2, 0) is 0 Å². The number of likely N-dealkylation sites (tertiary alicyclic amines) is 1. The molecule has 5 rings (SSSR count). The highest BCUT2D eigenvalue weighted by Gasteiger charge is 2.28. The van der Waals surface area contributed by atoms with Crippen molar-refractivity contribution < 1.29 is 13.8 Å². The van der Waals surface area contributed by atoms with Gasteiger partial charge in [-0.25, -0.2) is 9.97 Å². The minimum atomic E-state index is -0.102. The summed E-state index contributed by atoms with van der Waals surface area (Å²) >= 11 is 6.38. The van der Waals surface area contributed by atoms with E-state index in [0.717, 1.165) is 17.5 Å². The number of aromatic nitrogens is 4. The number of hydrogen-bond acceptors (Lipinski definition) is 8. The molecular formula is C22H19ClN6O3. The lowest BCUT2D eigenvalue weighted by Crippen LogP contribution is -2.31. The first-order valence-corrected chi connectivity index (χ1v) is 10.5. The molecule has 4 heterocycles. The lowest BCUT2D eigenvalue weighted by atomic mass is 10.0. The van der Waals surface area contributed by atoms with Crippen LogP contribution in [0.4, 0.5) is 5.95 Å². The molecule has 0 saturated carbocycles. The molecule has 0 unspecified atom stereocenters. The molecule has 4 aromatic rings. The van der Waals surface area contributed by atoms with E-state index in [1.54, 1.807) is 17.2 Å². The fraction of sp³-hybridized carbons (Fsp3) is 0.227. The van der Waals surface area contributed by atoms with Crippen LogP contribution in [0.15, 0.2) is 58.0 Å². The molecule has 32 heavy (non-hydrogen) atoms. The maximum Gasteiger partial charge on any atom is 0.258 e. The molecule has 1 N–H and O–H groups in total. The molecule has 0 spiro atoms. The van der Waals surface area contributed by atoms with Gasteiger partial charge in [0.15, 0.2) is 0 Å². The average Bonchev–Trinajstić information content (AvgIpc) is 3.55. The average molecular weight is 451 g/mol. The Morgan fingerprint density at radius 3 is 2.97 bits per heavy atom. The van der Waals surface area contributed by atoms with Gasteiger partial charge in [-0.05, 0) is 25.5 Å². The number of aryl methyl sites for hydroxylation is 1. The number of anilines is 1. The van der Waals surface area contributed by atoms with Crippen molar-refractivity contribution in [2.75, 3.05) is 18.4 Å². The zero-order valence-corrected chi connectivity index (χ0v) is 17.9. The van der Waals surface area contributed by atoms with Gasteiger partial charge >= 0.3 is 0 Å². The van der Waals surface area contributed by atoms with E-state index in [4.69, 9.17) is 20.6 Å². The van der Waals surface area contributed by atoms with E-state index in [9.17, 15) is 4.79 Å². The molecule has 0 aliphatic carbocycles. The van der Waals surface area contributed by atoms with Crippen LogP contribution in [0.1, 0.15) is 22.5 Å². The number of benzene rings is 1. The van der Waals surface area contributed by atoms with Crippen molar-refractivity contribution in [3.8, 4) is 22.5 Å². The zero-order chi connectivity index (χ0) is 22.1. The van der Waals surface area contributed by atoms with Crippen LogP contribution < -0.4 is 5.32 Å². The molecular weight excluding hydrogens is 432 g/mol. The van der Waals surface area contributed by atoms with Crippen molar-refractivity contribution in [2.45, 2.75) is 19.4 Å². The third-order valence-electron chi connectivity index (χ3n) is 5.39. The van der Waals surface area contributed by atoms with Gasteiger partial charge in [-0.15, -0.1) is 0 Å². The first-order valence-electron chi connectivity index (χ1n) is 10.1. The summed E-state index contributed by atoms with van der Waals surface area (Å²) in [5.74, 6) is 1.00. The number of nitrogens with one attached hydrogen (secondary N) is 1. The van der Waals surface area contributed by atoms with Crippen LogP contribution in [0.2, 0.25) is 5.02 Å². The van der Waals surface area contributed by atoms with Crippen LogP contribution in [0, 0.1) is 6.92 Å². The van der Waals surface area contributed by atoms with Gasteiger partial charge in [0.1, 0.15) is 17.7 Å². The third kappa shape index (κ3) is 3.82. The van der Waals surface area contributed by atoms with E-state index in [1.165, 1.54) is 12.5 Å². The summed E-state index contributed by atoms with van der Waals surface area (Å²) in [6.45, 7) is 3.00. The molecule has 1 saturated heterocycles. The number of carbonyl (C=O) groups excluding carboxylic acids is 1. The highest BCUT2D eigenvalue weighted by atomic mass is 35.5. The molecule has 162 valence electrons. The summed E-state index contributed by atoms with van der Waals surface area (Å²) in [5, 5.41) is 11.7. The van der Waals surface area contributed by atoms with E-state index in [2.05, 4.69) is 25.6 Å². The lowest BCUT2D eigenvalue weighted by Gasteiger charge is -2.16. The number of halogens is 1. The Kier molecular flexibility index (Phi) is 5.32. The minimum Gasteiger partial charge on any atom is -0.364 e. The van der Waals surface area contributed by atoms with Crippen molar-refractivity contribution >= 4 is 23.5 Å². The van der Waals surface area contributed by atoms with Crippen LogP contribution >= 0.6 is 11.6 Å². The van der Waals surface area contributed by atoms with Crippen molar-refractivity contribution in [2.24, 2.45) is 0 Å². The molecule has 3 aromatic heterocycles. The van der Waals surface area contributed by atoms with Crippen LogP contribution in [0.3, 0.4) is 0 Å². The second kappa shape index (κ2) is 8.43. The predicted octanol–water partition coefficient (Wildman–Crippen LogP) is 4.08. The summed E-state index contributed by atoms with van der Waals surface area (Å²) in [6.07, 6.45) is 5.24. The monoisotopic (exact) mass is 450 g/mol. The number of rotatable bonds is 5. The largest absolute Gasteiger partial charge is 0.364 e. The van der Waals surface area contributed by atoms with E-state index in [-0.39, 0.29) is 11.9 Å². The van der Waals surface area contributed by atoms with Crippen molar-refractivity contribution in [1.29, 1.82) is 0 Å². The van der Waals surface area contributed by atoms with Crippen LogP contribution in [0.5, 0.6) is 0 Å². The number of carbonyl (C=O) groups is 1. The summed E-state index contributed by atoms with van der Waals surface area (Å²) in [5.41, 5.74) is 3.28. The number of nitrogens with zero attached hydrogens (tertiary/aromatic N) is 5. The third-order valence-corrected chi connectivity index (χ3v) is 5.72. The van der Waals surface area contributed by atoms with Gasteiger partial charge in [-0.1, -0.05) is 40.1 Å². The van der Waals surface area contributed by atoms with Crippen LogP contribution in [0.25, 0.3) is 22.5 Å². The van der Waals surface area contributed by atoms with Gasteiger partial charge in [0.2, 0.25) is 5.95 Å². The highest BCUT2D eigenvalue weighted by molar-refractivity contribution is 6.33. The SMILES string of the molecule is Cc1onc(-c2ccccc2Cl)c1-c1ccnc(N[C@@H]2CCN(C(=O)c3cnoc3)C2)n1. The Morgan fingerprint density at radius 2 is 2.16 bits per heavy atom. The molecule has 1 aliphatic rings. The van der Waals surface area contributed by atoms with E-state index < -0.39 is 0 Å². The number of amides is 1. The van der Waals surface area contributed by atoms with Crippen molar-refractivity contribution in [1.82, 2.24) is 25.2 Å². The fourth-order valence-corrected chi connectivity index (χ4v) is 4.04. The van der Waals surface area contributed by atoms with Gasteiger partial charge in [-0.2, -0.15) is 0 Å². The molecule has 0 radical (unpaired) electrons. The summed E-state index contributed by atoms with van der Waals surface area (Å²) in [6, 6.07) is 9.30. The maximum atomic E-state index is 12.5. The Morgan fingerprint density at radius 1 is 1.28 bits per heavy atom. The minimum absolute atomic E-state index is 0.0284. The Labute approximate surface area is 188 Å². The Balaban J connectivity index is 1.36. The van der Waals surface area contributed by atoms with Gasteiger partial charge in [0.05, 0.1) is 28.0 Å². The Hall–Kier alpha value is -3.72. The summed E-state index contributed by atoms with van der Waals surface area (Å²) in [4.78, 5) is 23.3. The van der Waals surface area contributed by atoms with Gasteiger partial charge < -0.3 is 19.3 Å². The van der Waals surface area contributed by atoms with Crippen molar-refractivity contribution in [3.05, 3.63) is 65.3 Å². The quantitative estimate of drug-likeness (QED) is 0.484. The molecule has 1 atom stereocenters. The van der Waals surface area contributed by atoms with Crippen LogP contribution in [-0.4, -0.2) is 50.2 Å².